The maximum atomic E-state index is 5.75. The Morgan fingerprint density at radius 1 is 1.54 bits per heavy atom. The van der Waals surface area contributed by atoms with Crippen LogP contribution >= 0.6 is 0 Å². The van der Waals surface area contributed by atoms with Crippen LogP contribution in [-0.4, -0.2) is 16.2 Å². The van der Waals surface area contributed by atoms with Crippen LogP contribution in [0.15, 0.2) is 24.4 Å². The van der Waals surface area contributed by atoms with Gasteiger partial charge in [-0.2, -0.15) is 5.10 Å². The Labute approximate surface area is 76.9 Å². The fourth-order valence-electron chi connectivity index (χ4n) is 1.55. The molecule has 0 saturated carbocycles. The molecule has 2 rings (SSSR count). The van der Waals surface area contributed by atoms with E-state index in [2.05, 4.69) is 16.3 Å². The van der Waals surface area contributed by atoms with Crippen molar-refractivity contribution in [2.45, 2.75) is 19.4 Å². The summed E-state index contributed by atoms with van der Waals surface area (Å²) in [7, 11) is 0. The highest BCUT2D eigenvalue weighted by molar-refractivity contribution is 5.81. The van der Waals surface area contributed by atoms with Crippen LogP contribution in [0.2, 0.25) is 0 Å². The Kier molecular flexibility index (Phi) is 2.02. The summed E-state index contributed by atoms with van der Waals surface area (Å²) in [5, 5.41) is 8.13. The van der Waals surface area contributed by atoms with Gasteiger partial charge in [-0.1, -0.05) is 12.1 Å². The van der Waals surface area contributed by atoms with Crippen molar-refractivity contribution in [1.29, 1.82) is 0 Å². The van der Waals surface area contributed by atoms with Crippen LogP contribution in [0.1, 0.15) is 12.5 Å². The first-order chi connectivity index (χ1) is 6.27. The number of fused-ring (bicyclic) bond motifs is 1. The third-order valence-electron chi connectivity index (χ3n) is 2.12. The molecule has 2 aromatic rings. The SMILES string of the molecule is CC(N)Cc1cccc2[nH]ncc12. The molecule has 1 atom stereocenters. The Hall–Kier alpha value is -1.35. The maximum absolute atomic E-state index is 5.75. The van der Waals surface area contributed by atoms with E-state index in [9.17, 15) is 0 Å². The molecule has 1 aromatic carbocycles. The second kappa shape index (κ2) is 3.18. The largest absolute Gasteiger partial charge is 0.328 e. The number of hydrogen-bond acceptors (Lipinski definition) is 2. The summed E-state index contributed by atoms with van der Waals surface area (Å²) in [6.07, 6.45) is 2.75. The monoisotopic (exact) mass is 175 g/mol. The quantitative estimate of drug-likeness (QED) is 0.725. The lowest BCUT2D eigenvalue weighted by Gasteiger charge is -2.05. The van der Waals surface area contributed by atoms with Crippen molar-refractivity contribution in [2.24, 2.45) is 5.73 Å². The van der Waals surface area contributed by atoms with Gasteiger partial charge in [0.1, 0.15) is 0 Å². The fourth-order valence-corrected chi connectivity index (χ4v) is 1.55. The molecule has 0 spiro atoms. The summed E-state index contributed by atoms with van der Waals surface area (Å²) in [6.45, 7) is 2.01. The lowest BCUT2D eigenvalue weighted by Crippen LogP contribution is -2.17. The fraction of sp³-hybridized carbons (Fsp3) is 0.300. The van der Waals surface area contributed by atoms with Crippen LogP contribution in [0.4, 0.5) is 0 Å². The summed E-state index contributed by atoms with van der Waals surface area (Å²) in [5.74, 6) is 0. The van der Waals surface area contributed by atoms with Gasteiger partial charge in [0.2, 0.25) is 0 Å². The van der Waals surface area contributed by atoms with Crippen LogP contribution in [-0.2, 0) is 6.42 Å². The van der Waals surface area contributed by atoms with E-state index >= 15 is 0 Å². The van der Waals surface area contributed by atoms with E-state index in [0.29, 0.717) is 0 Å². The molecule has 0 radical (unpaired) electrons. The van der Waals surface area contributed by atoms with Crippen LogP contribution in [0.5, 0.6) is 0 Å². The van der Waals surface area contributed by atoms with E-state index in [1.807, 2.05) is 25.3 Å². The van der Waals surface area contributed by atoms with Crippen molar-refractivity contribution in [2.75, 3.05) is 0 Å². The van der Waals surface area contributed by atoms with Gasteiger partial charge in [-0.25, -0.2) is 0 Å². The van der Waals surface area contributed by atoms with Gasteiger partial charge in [0.25, 0.3) is 0 Å². The number of rotatable bonds is 2. The Bertz CT molecular complexity index is 403. The number of aromatic amines is 1. The molecule has 0 aliphatic carbocycles. The van der Waals surface area contributed by atoms with Gasteiger partial charge < -0.3 is 5.73 Å². The van der Waals surface area contributed by atoms with Gasteiger partial charge >= 0.3 is 0 Å². The number of nitrogens with two attached hydrogens (primary N) is 1. The van der Waals surface area contributed by atoms with Crippen molar-refractivity contribution in [3.63, 3.8) is 0 Å². The molecule has 1 unspecified atom stereocenters. The highest BCUT2D eigenvalue weighted by atomic mass is 15.1. The van der Waals surface area contributed by atoms with Crippen molar-refractivity contribution < 1.29 is 0 Å². The number of benzene rings is 1. The minimum Gasteiger partial charge on any atom is -0.328 e. The van der Waals surface area contributed by atoms with E-state index in [0.717, 1.165) is 11.9 Å². The Morgan fingerprint density at radius 2 is 2.38 bits per heavy atom. The molecule has 0 amide bonds. The molecule has 1 heterocycles. The maximum Gasteiger partial charge on any atom is 0.0653 e. The molecule has 3 heteroatoms. The first kappa shape index (κ1) is 8.26. The first-order valence-corrected chi connectivity index (χ1v) is 4.44. The van der Waals surface area contributed by atoms with Crippen molar-refractivity contribution in [1.82, 2.24) is 10.2 Å². The molecule has 3 nitrogen and oxygen atoms in total. The molecular formula is C10H13N3. The molecule has 68 valence electrons. The predicted molar refractivity (Wildman–Crippen MR) is 53.4 cm³/mol. The van der Waals surface area contributed by atoms with Crippen molar-refractivity contribution >= 4 is 10.9 Å². The van der Waals surface area contributed by atoms with E-state index in [4.69, 9.17) is 5.73 Å². The Morgan fingerprint density at radius 3 is 3.15 bits per heavy atom. The Balaban J connectivity index is 2.48. The third-order valence-corrected chi connectivity index (χ3v) is 2.12. The molecule has 0 aliphatic heterocycles. The molecule has 3 N–H and O–H groups in total. The lowest BCUT2D eigenvalue weighted by molar-refractivity contribution is 0.742. The van der Waals surface area contributed by atoms with Crippen molar-refractivity contribution in [3.8, 4) is 0 Å². The molecular weight excluding hydrogens is 162 g/mol. The standard InChI is InChI=1S/C10H13N3/c1-7(11)5-8-3-2-4-10-9(8)6-12-13-10/h2-4,6-7H,5,11H2,1H3,(H,12,13). The molecule has 0 bridgehead atoms. The second-order valence-corrected chi connectivity index (χ2v) is 3.43. The zero-order chi connectivity index (χ0) is 9.26. The van der Waals surface area contributed by atoms with Crippen LogP contribution in [0.25, 0.3) is 10.9 Å². The number of aromatic nitrogens is 2. The minimum atomic E-state index is 0.195. The second-order valence-electron chi connectivity index (χ2n) is 3.43. The van der Waals surface area contributed by atoms with Gasteiger partial charge in [-0.15, -0.1) is 0 Å². The molecule has 0 fully saturated rings. The highest BCUT2D eigenvalue weighted by Crippen LogP contribution is 2.16. The van der Waals surface area contributed by atoms with Crippen LogP contribution in [0, 0.1) is 0 Å². The van der Waals surface area contributed by atoms with Gasteiger partial charge in [0, 0.05) is 11.4 Å². The molecule has 0 saturated heterocycles. The summed E-state index contributed by atoms with van der Waals surface area (Å²) < 4.78 is 0. The molecule has 0 aliphatic rings. The minimum absolute atomic E-state index is 0.195. The van der Waals surface area contributed by atoms with Crippen molar-refractivity contribution in [3.05, 3.63) is 30.0 Å². The molecule has 13 heavy (non-hydrogen) atoms. The number of nitrogens with zero attached hydrogens (tertiary/aromatic N) is 1. The van der Waals surface area contributed by atoms with E-state index in [-0.39, 0.29) is 6.04 Å². The summed E-state index contributed by atoms with van der Waals surface area (Å²) in [6, 6.07) is 6.34. The van der Waals surface area contributed by atoms with E-state index in [1.165, 1.54) is 10.9 Å². The van der Waals surface area contributed by atoms with Gasteiger partial charge in [0.15, 0.2) is 0 Å². The average Bonchev–Trinajstić information content (AvgIpc) is 2.51. The van der Waals surface area contributed by atoms with Gasteiger partial charge in [-0.3, -0.25) is 5.10 Å². The van der Waals surface area contributed by atoms with Crippen LogP contribution in [0.3, 0.4) is 0 Å². The summed E-state index contributed by atoms with van der Waals surface area (Å²) >= 11 is 0. The number of hydrogen-bond donors (Lipinski definition) is 2. The van der Waals surface area contributed by atoms with E-state index in [1.54, 1.807) is 0 Å². The third kappa shape index (κ3) is 1.55. The van der Waals surface area contributed by atoms with Gasteiger partial charge in [0.05, 0.1) is 11.7 Å². The first-order valence-electron chi connectivity index (χ1n) is 4.44. The highest BCUT2D eigenvalue weighted by Gasteiger charge is 2.03. The zero-order valence-electron chi connectivity index (χ0n) is 7.62. The topological polar surface area (TPSA) is 54.7 Å². The smallest absolute Gasteiger partial charge is 0.0653 e. The summed E-state index contributed by atoms with van der Waals surface area (Å²) in [4.78, 5) is 0. The van der Waals surface area contributed by atoms with Gasteiger partial charge in [-0.05, 0) is 25.0 Å². The predicted octanol–water partition coefficient (Wildman–Crippen LogP) is 1.45. The summed E-state index contributed by atoms with van der Waals surface area (Å²) in [5.41, 5.74) is 8.10. The molecule has 1 aromatic heterocycles. The van der Waals surface area contributed by atoms with Crippen LogP contribution < -0.4 is 5.73 Å². The zero-order valence-corrected chi connectivity index (χ0v) is 7.62. The number of nitrogens with one attached hydrogen (secondary N) is 1. The van der Waals surface area contributed by atoms with E-state index < -0.39 is 0 Å². The average molecular weight is 175 g/mol. The number of H-pyrrole nitrogens is 1. The normalized spacial score (nSPS) is 13.4. The lowest BCUT2D eigenvalue weighted by atomic mass is 10.0.